The maximum Gasteiger partial charge on any atom is 0.216 e. The van der Waals surface area contributed by atoms with E-state index in [0.717, 1.165) is 28.5 Å². The largest absolute Gasteiger partial charge is 0.361 e. The van der Waals surface area contributed by atoms with Crippen molar-refractivity contribution in [3.63, 3.8) is 0 Å². The van der Waals surface area contributed by atoms with Crippen LogP contribution < -0.4 is 5.32 Å². The fraction of sp³-hybridized carbons (Fsp3) is 0.286. The Balaban J connectivity index is 2.29. The van der Waals surface area contributed by atoms with Crippen molar-refractivity contribution in [3.8, 4) is 6.07 Å². The molecule has 0 aliphatic heterocycles. The average Bonchev–Trinajstić information content (AvgIpc) is 2.70. The van der Waals surface area contributed by atoms with Crippen molar-refractivity contribution in [1.82, 2.24) is 10.3 Å². The summed E-state index contributed by atoms with van der Waals surface area (Å²) in [6.07, 6.45) is 2.70. The molecule has 92 valence electrons. The number of carbonyl (C=O) groups is 1. The number of amides is 1. The third-order valence-electron chi connectivity index (χ3n) is 3.00. The summed E-state index contributed by atoms with van der Waals surface area (Å²) < 4.78 is 0. The van der Waals surface area contributed by atoms with Gasteiger partial charge in [0.05, 0.1) is 11.6 Å². The molecule has 0 bridgehead atoms. The van der Waals surface area contributed by atoms with Crippen molar-refractivity contribution >= 4 is 16.8 Å². The monoisotopic (exact) mass is 241 g/mol. The van der Waals surface area contributed by atoms with Crippen molar-refractivity contribution in [3.05, 3.63) is 35.0 Å². The number of aromatic amines is 1. The molecule has 2 N–H and O–H groups in total. The Morgan fingerprint density at radius 3 is 2.94 bits per heavy atom. The maximum atomic E-state index is 10.8. The molecule has 0 atom stereocenters. The summed E-state index contributed by atoms with van der Waals surface area (Å²) in [5.41, 5.74) is 3.82. The zero-order valence-corrected chi connectivity index (χ0v) is 10.5. The Hall–Kier alpha value is -2.28. The molecule has 1 heterocycles. The van der Waals surface area contributed by atoms with Gasteiger partial charge in [-0.1, -0.05) is 0 Å². The highest BCUT2D eigenvalue weighted by Crippen LogP contribution is 2.22. The van der Waals surface area contributed by atoms with Gasteiger partial charge in [0.15, 0.2) is 0 Å². The van der Waals surface area contributed by atoms with Crippen LogP contribution in [0.25, 0.3) is 10.9 Å². The number of carbonyl (C=O) groups excluding carboxylic acids is 1. The average molecular weight is 241 g/mol. The van der Waals surface area contributed by atoms with Gasteiger partial charge in [-0.05, 0) is 36.6 Å². The van der Waals surface area contributed by atoms with Gasteiger partial charge < -0.3 is 10.3 Å². The maximum absolute atomic E-state index is 10.8. The quantitative estimate of drug-likeness (QED) is 0.863. The van der Waals surface area contributed by atoms with E-state index in [1.807, 2.05) is 25.3 Å². The van der Waals surface area contributed by atoms with Crippen LogP contribution in [0.15, 0.2) is 18.3 Å². The number of nitrogens with zero attached hydrogens (tertiary/aromatic N) is 1. The van der Waals surface area contributed by atoms with Gasteiger partial charge in [-0.15, -0.1) is 0 Å². The van der Waals surface area contributed by atoms with Gasteiger partial charge in [0.1, 0.15) is 0 Å². The minimum atomic E-state index is -0.0246. The number of hydrogen-bond donors (Lipinski definition) is 2. The Morgan fingerprint density at radius 1 is 1.50 bits per heavy atom. The van der Waals surface area contributed by atoms with E-state index >= 15 is 0 Å². The topological polar surface area (TPSA) is 68.7 Å². The number of H-pyrrole nitrogens is 1. The minimum Gasteiger partial charge on any atom is -0.361 e. The van der Waals surface area contributed by atoms with Crippen molar-refractivity contribution in [1.29, 1.82) is 5.26 Å². The van der Waals surface area contributed by atoms with E-state index in [9.17, 15) is 4.79 Å². The van der Waals surface area contributed by atoms with E-state index in [4.69, 9.17) is 5.26 Å². The molecule has 0 aliphatic rings. The number of benzene rings is 1. The van der Waals surface area contributed by atoms with E-state index < -0.39 is 0 Å². The second-order valence-corrected chi connectivity index (χ2v) is 4.37. The molecule has 1 amide bonds. The van der Waals surface area contributed by atoms with Crippen LogP contribution >= 0.6 is 0 Å². The summed E-state index contributed by atoms with van der Waals surface area (Å²) in [6, 6.07) is 6.08. The van der Waals surface area contributed by atoms with E-state index in [1.54, 1.807) is 0 Å². The normalized spacial score (nSPS) is 10.3. The Labute approximate surface area is 106 Å². The molecule has 0 saturated carbocycles. The predicted octanol–water partition coefficient (Wildman–Crippen LogP) is 2.03. The first-order chi connectivity index (χ1) is 8.61. The number of nitriles is 1. The molecule has 2 rings (SSSR count). The molecule has 4 heteroatoms. The SMILES string of the molecule is CC(=O)NCCc1c[nH]c2cc(C)c(C#N)cc12. The lowest BCUT2D eigenvalue weighted by Gasteiger charge is -2.02. The molecule has 0 saturated heterocycles. The molecular formula is C14H15N3O. The van der Waals surface area contributed by atoms with E-state index in [0.29, 0.717) is 12.1 Å². The fourth-order valence-corrected chi connectivity index (χ4v) is 2.04. The first-order valence-electron chi connectivity index (χ1n) is 5.87. The Bertz CT molecular complexity index is 634. The molecule has 2 aromatic rings. The molecule has 1 aromatic heterocycles. The highest BCUT2D eigenvalue weighted by atomic mass is 16.1. The van der Waals surface area contributed by atoms with E-state index in [2.05, 4.69) is 16.4 Å². The van der Waals surface area contributed by atoms with Crippen LogP contribution in [0, 0.1) is 18.3 Å². The van der Waals surface area contributed by atoms with Crippen molar-refractivity contribution in [2.75, 3.05) is 6.54 Å². The number of nitrogens with one attached hydrogen (secondary N) is 2. The summed E-state index contributed by atoms with van der Waals surface area (Å²) in [4.78, 5) is 14.0. The first kappa shape index (κ1) is 12.2. The van der Waals surface area contributed by atoms with Gasteiger partial charge >= 0.3 is 0 Å². The van der Waals surface area contributed by atoms with Crippen LogP contribution in [-0.4, -0.2) is 17.4 Å². The van der Waals surface area contributed by atoms with Gasteiger partial charge in [0, 0.05) is 30.6 Å². The summed E-state index contributed by atoms with van der Waals surface area (Å²) in [5, 5.41) is 12.9. The summed E-state index contributed by atoms with van der Waals surface area (Å²) in [7, 11) is 0. The zero-order chi connectivity index (χ0) is 13.1. The molecule has 0 radical (unpaired) electrons. The van der Waals surface area contributed by atoms with Crippen LogP contribution in [0.2, 0.25) is 0 Å². The minimum absolute atomic E-state index is 0.0246. The Kier molecular flexibility index (Phi) is 3.33. The summed E-state index contributed by atoms with van der Waals surface area (Å²) in [5.74, 6) is -0.0246. The van der Waals surface area contributed by atoms with Crippen molar-refractivity contribution in [2.45, 2.75) is 20.3 Å². The van der Waals surface area contributed by atoms with Crippen LogP contribution in [0.1, 0.15) is 23.6 Å². The zero-order valence-electron chi connectivity index (χ0n) is 10.5. The number of aromatic nitrogens is 1. The second kappa shape index (κ2) is 4.92. The van der Waals surface area contributed by atoms with Gasteiger partial charge in [0.25, 0.3) is 0 Å². The Morgan fingerprint density at radius 2 is 2.28 bits per heavy atom. The standard InChI is InChI=1S/C14H15N3O/c1-9-5-14-13(6-12(9)7-15)11(8-17-14)3-4-16-10(2)18/h5-6,8,17H,3-4H2,1-2H3,(H,16,18). The number of rotatable bonds is 3. The van der Waals surface area contributed by atoms with E-state index in [1.165, 1.54) is 6.92 Å². The molecule has 1 aromatic carbocycles. The van der Waals surface area contributed by atoms with Crippen molar-refractivity contribution < 1.29 is 4.79 Å². The smallest absolute Gasteiger partial charge is 0.216 e. The van der Waals surface area contributed by atoms with Crippen molar-refractivity contribution in [2.24, 2.45) is 0 Å². The number of hydrogen-bond acceptors (Lipinski definition) is 2. The first-order valence-corrected chi connectivity index (χ1v) is 5.87. The highest BCUT2D eigenvalue weighted by Gasteiger charge is 2.07. The highest BCUT2D eigenvalue weighted by molar-refractivity contribution is 5.85. The van der Waals surface area contributed by atoms with Gasteiger partial charge in [-0.25, -0.2) is 0 Å². The predicted molar refractivity (Wildman–Crippen MR) is 70.1 cm³/mol. The number of aryl methyl sites for hydroxylation is 1. The van der Waals surface area contributed by atoms with Gasteiger partial charge in [-0.2, -0.15) is 5.26 Å². The summed E-state index contributed by atoms with van der Waals surface area (Å²) >= 11 is 0. The lowest BCUT2D eigenvalue weighted by Crippen LogP contribution is -2.22. The number of fused-ring (bicyclic) bond motifs is 1. The second-order valence-electron chi connectivity index (χ2n) is 4.37. The summed E-state index contributed by atoms with van der Waals surface area (Å²) in [6.45, 7) is 4.04. The third-order valence-corrected chi connectivity index (χ3v) is 3.00. The van der Waals surface area contributed by atoms with E-state index in [-0.39, 0.29) is 5.91 Å². The van der Waals surface area contributed by atoms with Crippen LogP contribution in [-0.2, 0) is 11.2 Å². The molecule has 4 nitrogen and oxygen atoms in total. The van der Waals surface area contributed by atoms with Crippen LogP contribution in [0.4, 0.5) is 0 Å². The molecule has 0 spiro atoms. The molecular weight excluding hydrogens is 226 g/mol. The lowest BCUT2D eigenvalue weighted by atomic mass is 10.0. The molecule has 0 unspecified atom stereocenters. The van der Waals surface area contributed by atoms with Gasteiger partial charge in [0.2, 0.25) is 5.91 Å². The molecule has 18 heavy (non-hydrogen) atoms. The van der Waals surface area contributed by atoms with Crippen LogP contribution in [0.5, 0.6) is 0 Å². The molecule has 0 aliphatic carbocycles. The third kappa shape index (κ3) is 2.35. The fourth-order valence-electron chi connectivity index (χ4n) is 2.04. The van der Waals surface area contributed by atoms with Crippen LogP contribution in [0.3, 0.4) is 0 Å². The molecule has 0 fully saturated rings. The van der Waals surface area contributed by atoms with Gasteiger partial charge in [-0.3, -0.25) is 4.79 Å². The lowest BCUT2D eigenvalue weighted by molar-refractivity contribution is -0.118.